The first-order valence-corrected chi connectivity index (χ1v) is 37.4. The van der Waals surface area contributed by atoms with E-state index in [4.69, 9.17) is 9.47 Å². The average Bonchev–Trinajstić information content (AvgIpc) is 0.853. The molecule has 2 heterocycles. The number of carboxylic acid groups (broad SMARTS) is 1. The van der Waals surface area contributed by atoms with Crippen molar-refractivity contribution in [3.8, 4) is 0 Å². The van der Waals surface area contributed by atoms with Gasteiger partial charge in [-0.1, -0.05) is 164 Å². The molecule has 20 heteroatoms. The number of aliphatic carboxylic acids is 1. The second kappa shape index (κ2) is 44.1. The van der Waals surface area contributed by atoms with Crippen LogP contribution in [-0.2, 0) is 38.2 Å². The zero-order chi connectivity index (χ0) is 78.0. The minimum absolute atomic E-state index is 0.0217. The van der Waals surface area contributed by atoms with E-state index in [0.29, 0.717) is 55.2 Å². The zero-order valence-electron chi connectivity index (χ0n) is 65.2. The summed E-state index contributed by atoms with van der Waals surface area (Å²) in [6.07, 6.45) is 11.3. The van der Waals surface area contributed by atoms with Gasteiger partial charge in [-0.25, -0.2) is 4.79 Å². The summed E-state index contributed by atoms with van der Waals surface area (Å²) in [6.45, 7) is 35.3. The fourth-order valence-corrected chi connectivity index (χ4v) is 14.2. The van der Waals surface area contributed by atoms with Gasteiger partial charge >= 0.3 is 11.9 Å². The molecule has 1 amide bonds. The lowest BCUT2D eigenvalue weighted by molar-refractivity contribution is -0.171. The lowest BCUT2D eigenvalue weighted by Gasteiger charge is -2.38. The number of allylic oxidation sites excluding steroid dienone is 9. The fourth-order valence-electron chi connectivity index (χ4n) is 14.2. The molecule has 0 aromatic carbocycles. The van der Waals surface area contributed by atoms with Crippen molar-refractivity contribution >= 4 is 35.2 Å². The Bertz CT molecular complexity index is 2880. The zero-order valence-corrected chi connectivity index (χ0v) is 65.2. The van der Waals surface area contributed by atoms with Crippen molar-refractivity contribution in [1.29, 1.82) is 0 Å². The molecule has 0 radical (unpaired) electrons. The van der Waals surface area contributed by atoms with Crippen LogP contribution in [0.1, 0.15) is 209 Å². The second-order valence-corrected chi connectivity index (χ2v) is 32.5. The molecule has 12 N–H and O–H groups in total. The fraction of sp³-hybridized carbons (Fsp3) is 0.732. The molecule has 0 aromatic rings. The molecule has 0 spiro atoms. The molecule has 20 nitrogen and oxygen atoms in total. The highest BCUT2D eigenvalue weighted by Crippen LogP contribution is 2.38. The first kappa shape index (κ1) is 93.0. The average molecular weight is 1440 g/mol. The molecule has 0 aromatic heterocycles. The molecule has 0 saturated carbocycles. The molecule has 1 saturated heterocycles. The number of amides is 1. The molecule has 2 aliphatic rings. The first-order valence-electron chi connectivity index (χ1n) is 37.4. The van der Waals surface area contributed by atoms with Crippen molar-refractivity contribution in [3.05, 3.63) is 95.7 Å². The SMILES string of the molecule is C/C1=C\CC(C(C)C(O)C(NC(=O)C(C)C(C)CCC(C)C(O)/C(C)=C/C(C)(C)C(O)C(CC(=O)/C=C/C(C)(C)C(=O)C(C)C(O)C(C)C)CC(C)C)C(C)O)OC(=O)C(C(O)C(=O)O)CC(=O)/C=C/C=C/CC/C=C/C=C/C(CO)C2CC(C)CC(CC(O)C(C)C(O)/C(C)=C/C(C)C1O)O2. The number of nitrogens with one attached hydrogen (secondary N) is 1. The highest BCUT2D eigenvalue weighted by atomic mass is 16.5. The maximum Gasteiger partial charge on any atom is 0.333 e. The van der Waals surface area contributed by atoms with Crippen molar-refractivity contribution in [1.82, 2.24) is 5.32 Å². The monoisotopic (exact) mass is 1440 g/mol. The Morgan fingerprint density at radius 1 is 0.755 bits per heavy atom. The van der Waals surface area contributed by atoms with Crippen LogP contribution in [0.5, 0.6) is 0 Å². The largest absolute Gasteiger partial charge is 0.479 e. The van der Waals surface area contributed by atoms with Crippen LogP contribution in [0.25, 0.3) is 0 Å². The van der Waals surface area contributed by atoms with Crippen molar-refractivity contribution in [2.75, 3.05) is 6.61 Å². The summed E-state index contributed by atoms with van der Waals surface area (Å²) in [7, 11) is 0. The number of aliphatic hydroxyl groups is 10. The minimum Gasteiger partial charge on any atom is -0.479 e. The van der Waals surface area contributed by atoms with Gasteiger partial charge in [0.2, 0.25) is 5.91 Å². The van der Waals surface area contributed by atoms with Crippen molar-refractivity contribution in [2.24, 2.45) is 87.8 Å². The number of esters is 1. The number of aliphatic hydroxyl groups excluding tert-OH is 10. The molecule has 2 bridgehead atoms. The third-order valence-electron chi connectivity index (χ3n) is 21.5. The Hall–Kier alpha value is -5.10. The molecule has 24 atom stereocenters. The van der Waals surface area contributed by atoms with Gasteiger partial charge in [-0.2, -0.15) is 0 Å². The molecule has 24 unspecified atom stereocenters. The Balaban J connectivity index is 2.47. The lowest BCUT2D eigenvalue weighted by Crippen LogP contribution is -2.55. The molecular weight excluding hydrogens is 1300 g/mol. The van der Waals surface area contributed by atoms with Gasteiger partial charge in [0.1, 0.15) is 17.8 Å². The highest BCUT2D eigenvalue weighted by Gasteiger charge is 2.43. The number of carboxylic acids is 1. The van der Waals surface area contributed by atoms with E-state index in [0.717, 1.165) is 12.5 Å². The van der Waals surface area contributed by atoms with Crippen LogP contribution in [0.4, 0.5) is 0 Å². The normalized spacial score (nSPS) is 30.5. The van der Waals surface area contributed by atoms with Crippen LogP contribution < -0.4 is 5.32 Å². The van der Waals surface area contributed by atoms with Crippen LogP contribution >= 0.6 is 0 Å². The van der Waals surface area contributed by atoms with Crippen LogP contribution in [-0.4, -0.2) is 177 Å². The summed E-state index contributed by atoms with van der Waals surface area (Å²) >= 11 is 0. The van der Waals surface area contributed by atoms with E-state index < -0.39 is 149 Å². The number of hydrogen-bond acceptors (Lipinski definition) is 18. The smallest absolute Gasteiger partial charge is 0.333 e. The van der Waals surface area contributed by atoms with Crippen LogP contribution in [0.15, 0.2) is 95.7 Å². The number of carbonyl (C=O) groups is 6. The van der Waals surface area contributed by atoms with Crippen LogP contribution in [0.3, 0.4) is 0 Å². The topological polar surface area (TPSA) is 355 Å². The number of rotatable bonds is 28. The number of Topliss-reactive ketones (excluding diaryl/α,β-unsaturated/α-hetero) is 1. The van der Waals surface area contributed by atoms with Crippen molar-refractivity contribution in [2.45, 2.75) is 288 Å². The van der Waals surface area contributed by atoms with Crippen molar-refractivity contribution < 1.29 is 94.4 Å². The molecule has 2 rings (SSSR count). The Labute approximate surface area is 610 Å². The van der Waals surface area contributed by atoms with E-state index in [1.54, 1.807) is 92.7 Å². The second-order valence-electron chi connectivity index (χ2n) is 32.5. The molecule has 2 aliphatic heterocycles. The van der Waals surface area contributed by atoms with Gasteiger partial charge in [0.25, 0.3) is 0 Å². The van der Waals surface area contributed by atoms with Gasteiger partial charge in [-0.3, -0.25) is 24.0 Å². The summed E-state index contributed by atoms with van der Waals surface area (Å²) in [4.78, 5) is 81.2. The quantitative estimate of drug-likeness (QED) is 0.0197. The minimum atomic E-state index is -2.40. The number of ether oxygens (including phenoxy) is 2. The highest BCUT2D eigenvalue weighted by molar-refractivity contribution is 5.95. The number of hydrogen-bond donors (Lipinski definition) is 12. The third kappa shape index (κ3) is 30.0. The molecule has 1 fully saturated rings. The predicted octanol–water partition coefficient (Wildman–Crippen LogP) is 10.4. The Morgan fingerprint density at radius 2 is 1.35 bits per heavy atom. The van der Waals surface area contributed by atoms with Crippen LogP contribution in [0.2, 0.25) is 0 Å². The standard InChI is InChI=1S/C82H135NO19/c1-46(2)37-61(41-63(87)35-36-81(17,18)76(95)58(15)70(89)47(3)4)77(96)82(19,20)44-54(11)72(91)50(7)32-31-49(6)55(12)78(97)83-69(59(16)85)74(93)57(14)67-34-33-51(8)71(90)52(9)40-53(10)73(92)56(13)66(88)43-64-38-48(5)39-68(101-64)60(45-84)29-27-25-23-21-22-24-26-28-30-62(86)42-65(80(100)102-67)75(94)79(98)99/h23-30,33,35-36,40,44,46-50,52,55-61,64-75,77,84-85,88-94,96H,21-22,31-32,34,37-39,41-43,45H2,1-20H3,(H,83,97)(H,98,99)/b25-23+,26-24+,29-27+,30-28+,36-35+,51-33+,53-40+,54-44+. The van der Waals surface area contributed by atoms with Gasteiger partial charge in [0, 0.05) is 65.6 Å². The Morgan fingerprint density at radius 3 is 1.92 bits per heavy atom. The number of carbonyl (C=O) groups excluding carboxylic acids is 5. The number of fused-ring (bicyclic) bond motifs is 2. The van der Waals surface area contributed by atoms with Gasteiger partial charge in [-0.05, 0) is 157 Å². The molecule has 582 valence electrons. The number of cyclic esters (lactones) is 1. The molecule has 0 aliphatic carbocycles. The maximum atomic E-state index is 14.3. The van der Waals surface area contributed by atoms with Gasteiger partial charge in [-0.15, -0.1) is 0 Å². The summed E-state index contributed by atoms with van der Waals surface area (Å²) in [5.74, 6) is -11.6. The van der Waals surface area contributed by atoms with Gasteiger partial charge < -0.3 is 71.0 Å². The van der Waals surface area contributed by atoms with Gasteiger partial charge in [0.15, 0.2) is 17.7 Å². The predicted molar refractivity (Wildman–Crippen MR) is 399 cm³/mol. The molecular formula is C82H135NO19. The van der Waals surface area contributed by atoms with E-state index in [1.165, 1.54) is 26.0 Å². The lowest BCUT2D eigenvalue weighted by atomic mass is 9.73. The first-order chi connectivity index (χ1) is 47.3. The summed E-state index contributed by atoms with van der Waals surface area (Å²) in [6, 6.07) is -1.38. The summed E-state index contributed by atoms with van der Waals surface area (Å²) in [5, 5.41) is 127. The van der Waals surface area contributed by atoms with Gasteiger partial charge in [0.05, 0.1) is 73.7 Å². The number of ketones is 3. The van der Waals surface area contributed by atoms with E-state index in [9.17, 15) is 84.9 Å². The maximum absolute atomic E-state index is 14.3. The Kier molecular flexibility index (Phi) is 40.2. The van der Waals surface area contributed by atoms with E-state index in [-0.39, 0.29) is 85.2 Å². The van der Waals surface area contributed by atoms with Crippen molar-refractivity contribution in [3.63, 3.8) is 0 Å². The molecule has 102 heavy (non-hydrogen) atoms. The third-order valence-corrected chi connectivity index (χ3v) is 21.5. The van der Waals surface area contributed by atoms with E-state index in [2.05, 4.69) is 12.2 Å². The summed E-state index contributed by atoms with van der Waals surface area (Å²) < 4.78 is 12.5. The van der Waals surface area contributed by atoms with Crippen LogP contribution in [0, 0.1) is 87.8 Å². The van der Waals surface area contributed by atoms with E-state index >= 15 is 0 Å². The summed E-state index contributed by atoms with van der Waals surface area (Å²) in [5.41, 5.74) is -0.466. The van der Waals surface area contributed by atoms with E-state index in [1.807, 2.05) is 85.8 Å².